The van der Waals surface area contributed by atoms with E-state index in [4.69, 9.17) is 0 Å². The minimum absolute atomic E-state index is 0.00464. The molecule has 3 heterocycles. The molecule has 0 radical (unpaired) electrons. The van der Waals surface area contributed by atoms with Crippen LogP contribution in [0.15, 0.2) is 54.6 Å². The van der Waals surface area contributed by atoms with Gasteiger partial charge in [-0.2, -0.15) is 0 Å². The number of halogens is 1. The first-order valence-electron chi connectivity index (χ1n) is 9.88. The summed E-state index contributed by atoms with van der Waals surface area (Å²) in [6, 6.07) is 14.3. The molecule has 0 saturated heterocycles. The highest BCUT2D eigenvalue weighted by Gasteiger charge is 2.14. The van der Waals surface area contributed by atoms with Gasteiger partial charge in [0.1, 0.15) is 11.3 Å². The normalized spacial score (nSPS) is 12.5. The van der Waals surface area contributed by atoms with Gasteiger partial charge in [-0.15, -0.1) is 5.10 Å². The van der Waals surface area contributed by atoms with Crippen LogP contribution >= 0.6 is 0 Å². The number of fused-ring (bicyclic) bond motifs is 2. The second-order valence-electron chi connectivity index (χ2n) is 7.26. The van der Waals surface area contributed by atoms with Crippen molar-refractivity contribution >= 4 is 28.8 Å². The molecule has 0 bridgehead atoms. The summed E-state index contributed by atoms with van der Waals surface area (Å²) in [7, 11) is 1.47. The Morgan fingerprint density at radius 2 is 2.10 bits per heavy atom. The van der Waals surface area contributed by atoms with E-state index in [1.807, 2.05) is 6.07 Å². The van der Waals surface area contributed by atoms with Crippen molar-refractivity contribution in [1.29, 1.82) is 0 Å². The summed E-state index contributed by atoms with van der Waals surface area (Å²) in [6.45, 7) is 1.34. The molecule has 7 nitrogen and oxygen atoms in total. The van der Waals surface area contributed by atoms with Crippen LogP contribution in [0.25, 0.3) is 28.5 Å². The molecule has 31 heavy (non-hydrogen) atoms. The molecule has 8 heteroatoms. The molecule has 154 valence electrons. The first-order chi connectivity index (χ1) is 15.1. The molecule has 0 spiro atoms. The summed E-state index contributed by atoms with van der Waals surface area (Å²) in [5.41, 5.74) is 5.74. The third-order valence-electron chi connectivity index (χ3n) is 5.25. The fourth-order valence-corrected chi connectivity index (χ4v) is 3.65. The summed E-state index contributed by atoms with van der Waals surface area (Å²) in [4.78, 5) is 16.4. The van der Waals surface area contributed by atoms with Crippen LogP contribution in [0.1, 0.15) is 21.5 Å². The number of carbonyl (C=O) groups excluding carboxylic acids is 1. The maximum atomic E-state index is 14.4. The van der Waals surface area contributed by atoms with E-state index in [2.05, 4.69) is 56.3 Å². The standard InChI is InChI=1S/C23H19FN6O/c1-25-23(31)17-6-5-16(12-18(17)24)20-8-9-21-22(27-20)30(29-28-21)13-14-4-7-19-15(11-14)3-2-10-26-19/h2-9,11-12,26H,10,13H2,1H3,(H,25,31). The number of hydrogen-bond acceptors (Lipinski definition) is 5. The average Bonchev–Trinajstić information content (AvgIpc) is 3.20. The third kappa shape index (κ3) is 3.52. The fourth-order valence-electron chi connectivity index (χ4n) is 3.65. The van der Waals surface area contributed by atoms with Crippen LogP contribution in [0.2, 0.25) is 0 Å². The van der Waals surface area contributed by atoms with Crippen LogP contribution < -0.4 is 10.6 Å². The molecule has 5 rings (SSSR count). The molecule has 1 aliphatic heterocycles. The molecular weight excluding hydrogens is 395 g/mol. The lowest BCUT2D eigenvalue weighted by Gasteiger charge is -2.14. The predicted octanol–water partition coefficient (Wildman–Crippen LogP) is 3.48. The summed E-state index contributed by atoms with van der Waals surface area (Å²) < 4.78 is 16.1. The molecule has 0 saturated carbocycles. The molecule has 0 unspecified atom stereocenters. The molecule has 1 amide bonds. The van der Waals surface area contributed by atoms with Gasteiger partial charge in [0.05, 0.1) is 17.8 Å². The van der Waals surface area contributed by atoms with Crippen LogP contribution in [0.4, 0.5) is 10.1 Å². The maximum Gasteiger partial charge on any atom is 0.253 e. The van der Waals surface area contributed by atoms with Crippen LogP contribution in [-0.2, 0) is 6.54 Å². The van der Waals surface area contributed by atoms with E-state index in [0.717, 1.165) is 23.4 Å². The van der Waals surface area contributed by atoms with Crippen molar-refractivity contribution in [3.63, 3.8) is 0 Å². The molecule has 4 aromatic rings. The number of benzene rings is 2. The van der Waals surface area contributed by atoms with Gasteiger partial charge < -0.3 is 10.6 Å². The zero-order valence-electron chi connectivity index (χ0n) is 16.8. The second kappa shape index (κ2) is 7.64. The maximum absolute atomic E-state index is 14.4. The van der Waals surface area contributed by atoms with Gasteiger partial charge >= 0.3 is 0 Å². The van der Waals surface area contributed by atoms with Crippen molar-refractivity contribution in [2.24, 2.45) is 0 Å². The molecule has 1 aliphatic rings. The van der Waals surface area contributed by atoms with Gasteiger partial charge in [0.2, 0.25) is 0 Å². The summed E-state index contributed by atoms with van der Waals surface area (Å²) >= 11 is 0. The lowest BCUT2D eigenvalue weighted by atomic mass is 10.1. The molecule has 2 aromatic heterocycles. The van der Waals surface area contributed by atoms with Crippen molar-refractivity contribution in [3.05, 3.63) is 77.1 Å². The minimum Gasteiger partial charge on any atom is -0.381 e. The predicted molar refractivity (Wildman–Crippen MR) is 117 cm³/mol. The van der Waals surface area contributed by atoms with Gasteiger partial charge in [0, 0.05) is 24.8 Å². The van der Waals surface area contributed by atoms with Crippen molar-refractivity contribution in [1.82, 2.24) is 25.3 Å². The number of nitrogens with zero attached hydrogens (tertiary/aromatic N) is 4. The molecule has 0 fully saturated rings. The largest absolute Gasteiger partial charge is 0.381 e. The Morgan fingerprint density at radius 3 is 2.94 bits per heavy atom. The van der Waals surface area contributed by atoms with Crippen molar-refractivity contribution in [2.75, 3.05) is 18.9 Å². The molecule has 2 aromatic carbocycles. The van der Waals surface area contributed by atoms with Crippen LogP contribution in [0, 0.1) is 5.82 Å². The van der Waals surface area contributed by atoms with E-state index in [1.54, 1.807) is 16.8 Å². The number of amides is 1. The quantitative estimate of drug-likeness (QED) is 0.534. The van der Waals surface area contributed by atoms with Crippen LogP contribution in [0.5, 0.6) is 0 Å². The van der Waals surface area contributed by atoms with Gasteiger partial charge in [0.25, 0.3) is 5.91 Å². The smallest absolute Gasteiger partial charge is 0.253 e. The monoisotopic (exact) mass is 414 g/mol. The summed E-state index contributed by atoms with van der Waals surface area (Å²) in [5, 5.41) is 14.2. The van der Waals surface area contributed by atoms with Gasteiger partial charge in [-0.1, -0.05) is 29.5 Å². The number of nitrogens with one attached hydrogen (secondary N) is 2. The highest BCUT2D eigenvalue weighted by Crippen LogP contribution is 2.25. The molecule has 2 N–H and O–H groups in total. The minimum atomic E-state index is -0.596. The number of hydrogen-bond donors (Lipinski definition) is 2. The van der Waals surface area contributed by atoms with E-state index >= 15 is 0 Å². The molecule has 0 atom stereocenters. The van der Waals surface area contributed by atoms with Gasteiger partial charge in [-0.25, -0.2) is 14.1 Å². The van der Waals surface area contributed by atoms with E-state index in [-0.39, 0.29) is 5.56 Å². The second-order valence-corrected chi connectivity index (χ2v) is 7.26. The Morgan fingerprint density at radius 1 is 1.19 bits per heavy atom. The van der Waals surface area contributed by atoms with Gasteiger partial charge in [-0.05, 0) is 47.5 Å². The summed E-state index contributed by atoms with van der Waals surface area (Å²) in [5.74, 6) is -1.06. The van der Waals surface area contributed by atoms with Crippen molar-refractivity contribution in [3.8, 4) is 11.3 Å². The van der Waals surface area contributed by atoms with Crippen molar-refractivity contribution < 1.29 is 9.18 Å². The SMILES string of the molecule is CNC(=O)c1ccc(-c2ccc3nnn(Cc4ccc5c(c4)C=CCN5)c3n2)cc1F. The molecule has 0 aliphatic carbocycles. The number of aromatic nitrogens is 4. The van der Waals surface area contributed by atoms with Crippen molar-refractivity contribution in [2.45, 2.75) is 6.54 Å². The van der Waals surface area contributed by atoms with Crippen LogP contribution in [-0.4, -0.2) is 39.5 Å². The van der Waals surface area contributed by atoms with E-state index in [1.165, 1.54) is 19.2 Å². The Labute approximate surface area is 177 Å². The average molecular weight is 414 g/mol. The Kier molecular flexibility index (Phi) is 4.66. The van der Waals surface area contributed by atoms with Gasteiger partial charge in [0.15, 0.2) is 5.65 Å². The van der Waals surface area contributed by atoms with Gasteiger partial charge in [-0.3, -0.25) is 4.79 Å². The highest BCUT2D eigenvalue weighted by molar-refractivity contribution is 5.94. The Balaban J connectivity index is 1.48. The van der Waals surface area contributed by atoms with Crippen LogP contribution in [0.3, 0.4) is 0 Å². The number of anilines is 1. The zero-order valence-corrected chi connectivity index (χ0v) is 16.8. The lowest BCUT2D eigenvalue weighted by molar-refractivity contribution is 0.0959. The zero-order chi connectivity index (χ0) is 21.4. The Bertz CT molecular complexity index is 1340. The topological polar surface area (TPSA) is 84.7 Å². The number of pyridine rings is 1. The highest BCUT2D eigenvalue weighted by atomic mass is 19.1. The number of carbonyl (C=O) groups is 1. The van der Waals surface area contributed by atoms with E-state index < -0.39 is 11.7 Å². The third-order valence-corrected chi connectivity index (χ3v) is 5.25. The first kappa shape index (κ1) is 18.9. The number of rotatable bonds is 4. The summed E-state index contributed by atoms with van der Waals surface area (Å²) in [6.07, 6.45) is 4.18. The van der Waals surface area contributed by atoms with E-state index in [9.17, 15) is 9.18 Å². The molecular formula is C23H19FN6O. The fraction of sp³-hybridized carbons (Fsp3) is 0.130. The first-order valence-corrected chi connectivity index (χ1v) is 9.88. The Hall–Kier alpha value is -4.07. The lowest BCUT2D eigenvalue weighted by Crippen LogP contribution is -2.19. The van der Waals surface area contributed by atoms with E-state index in [0.29, 0.717) is 29.0 Å².